The molecule has 3 aromatic rings. The van der Waals surface area contributed by atoms with Gasteiger partial charge in [0.2, 0.25) is 5.88 Å². The van der Waals surface area contributed by atoms with Crippen LogP contribution in [0.1, 0.15) is 30.3 Å². The molecule has 0 spiro atoms. The van der Waals surface area contributed by atoms with Gasteiger partial charge in [-0.3, -0.25) is 9.88 Å². The Balaban J connectivity index is 1.45. The Morgan fingerprint density at radius 1 is 1.21 bits per heavy atom. The number of hydrogen-bond acceptors (Lipinski definition) is 6. The van der Waals surface area contributed by atoms with Crippen LogP contribution in [0.2, 0.25) is 0 Å². The first-order valence-electron chi connectivity index (χ1n) is 9.53. The van der Waals surface area contributed by atoms with Crippen molar-refractivity contribution in [1.29, 1.82) is 0 Å². The van der Waals surface area contributed by atoms with Crippen molar-refractivity contribution in [2.24, 2.45) is 7.05 Å². The standard InChI is InChI=1S/C21H25N5O2/c1-25-10-8-23-20(25)15-26-9-4-5-16(14-26)19-12-22-13-21(24-19)28-18-7-3-6-17(11-18)27-2/h3,6-8,10-13,16H,4-5,9,14-15H2,1-2H3/t16-/m0/s1. The zero-order valence-electron chi connectivity index (χ0n) is 16.3. The molecule has 0 radical (unpaired) electrons. The van der Waals surface area contributed by atoms with Crippen molar-refractivity contribution in [3.05, 3.63) is 60.6 Å². The van der Waals surface area contributed by atoms with Gasteiger partial charge in [0.1, 0.15) is 17.3 Å². The number of methoxy groups -OCH3 is 1. The molecule has 7 nitrogen and oxygen atoms in total. The first-order chi connectivity index (χ1) is 13.7. The third-order valence-corrected chi connectivity index (χ3v) is 5.10. The summed E-state index contributed by atoms with van der Waals surface area (Å²) in [6.45, 7) is 2.88. The molecular formula is C21H25N5O2. The van der Waals surface area contributed by atoms with Crippen LogP contribution in [0.15, 0.2) is 49.1 Å². The van der Waals surface area contributed by atoms with Gasteiger partial charge in [0.25, 0.3) is 0 Å². The quantitative estimate of drug-likeness (QED) is 0.654. The monoisotopic (exact) mass is 379 g/mol. The van der Waals surface area contributed by atoms with Crippen LogP contribution >= 0.6 is 0 Å². The van der Waals surface area contributed by atoms with E-state index in [0.29, 0.717) is 17.5 Å². The molecule has 1 aliphatic heterocycles. The Kier molecular flexibility index (Phi) is 5.53. The lowest BCUT2D eigenvalue weighted by molar-refractivity contribution is 0.192. The van der Waals surface area contributed by atoms with E-state index in [-0.39, 0.29) is 0 Å². The van der Waals surface area contributed by atoms with Gasteiger partial charge >= 0.3 is 0 Å². The third-order valence-electron chi connectivity index (χ3n) is 5.10. The minimum atomic E-state index is 0.343. The van der Waals surface area contributed by atoms with E-state index >= 15 is 0 Å². The molecule has 0 bridgehead atoms. The Labute approximate surface area is 165 Å². The number of likely N-dealkylation sites (tertiary alicyclic amines) is 1. The largest absolute Gasteiger partial charge is 0.497 e. The molecule has 0 N–H and O–H groups in total. The third kappa shape index (κ3) is 4.31. The lowest BCUT2D eigenvalue weighted by Gasteiger charge is -2.32. The number of rotatable bonds is 6. The number of benzene rings is 1. The van der Waals surface area contributed by atoms with E-state index in [1.54, 1.807) is 13.3 Å². The highest BCUT2D eigenvalue weighted by Crippen LogP contribution is 2.29. The summed E-state index contributed by atoms with van der Waals surface area (Å²) >= 11 is 0. The Morgan fingerprint density at radius 2 is 2.11 bits per heavy atom. The van der Waals surface area contributed by atoms with Crippen molar-refractivity contribution >= 4 is 0 Å². The summed E-state index contributed by atoms with van der Waals surface area (Å²) in [5.41, 5.74) is 0.977. The summed E-state index contributed by atoms with van der Waals surface area (Å²) in [7, 11) is 3.67. The van der Waals surface area contributed by atoms with E-state index < -0.39 is 0 Å². The number of imidazole rings is 1. The van der Waals surface area contributed by atoms with Gasteiger partial charge in [-0.1, -0.05) is 6.07 Å². The maximum atomic E-state index is 5.90. The van der Waals surface area contributed by atoms with Crippen molar-refractivity contribution in [1.82, 2.24) is 24.4 Å². The van der Waals surface area contributed by atoms with E-state index in [1.807, 2.05) is 49.9 Å². The van der Waals surface area contributed by atoms with Crippen molar-refractivity contribution in [3.8, 4) is 17.4 Å². The maximum absolute atomic E-state index is 5.90. The van der Waals surface area contributed by atoms with Gasteiger partial charge in [-0.25, -0.2) is 9.97 Å². The fourth-order valence-electron chi connectivity index (χ4n) is 3.58. The number of nitrogens with zero attached hydrogens (tertiary/aromatic N) is 5. The van der Waals surface area contributed by atoms with Crippen LogP contribution in [0, 0.1) is 0 Å². The van der Waals surface area contributed by atoms with E-state index in [2.05, 4.69) is 19.4 Å². The summed E-state index contributed by atoms with van der Waals surface area (Å²) in [6, 6.07) is 7.49. The van der Waals surface area contributed by atoms with E-state index in [1.165, 1.54) is 0 Å². The molecule has 0 saturated carbocycles. The first-order valence-corrected chi connectivity index (χ1v) is 9.53. The predicted molar refractivity (Wildman–Crippen MR) is 106 cm³/mol. The molecule has 1 fully saturated rings. The van der Waals surface area contributed by atoms with Crippen LogP contribution in [0.4, 0.5) is 0 Å². The molecule has 1 aliphatic rings. The summed E-state index contributed by atoms with van der Waals surface area (Å²) in [4.78, 5) is 16.0. The molecule has 0 amide bonds. The van der Waals surface area contributed by atoms with Crippen molar-refractivity contribution in [3.63, 3.8) is 0 Å². The molecule has 1 saturated heterocycles. The fraction of sp³-hybridized carbons (Fsp3) is 0.381. The van der Waals surface area contributed by atoms with E-state index in [4.69, 9.17) is 14.5 Å². The molecule has 1 aromatic carbocycles. The SMILES string of the molecule is COc1cccc(Oc2cncc([C@H]3CCCN(Cc4nccn4C)C3)n2)c1. The molecular weight excluding hydrogens is 354 g/mol. The Morgan fingerprint density at radius 3 is 2.93 bits per heavy atom. The highest BCUT2D eigenvalue weighted by atomic mass is 16.5. The van der Waals surface area contributed by atoms with Gasteiger partial charge in [0.15, 0.2) is 0 Å². The van der Waals surface area contributed by atoms with Crippen LogP contribution < -0.4 is 9.47 Å². The van der Waals surface area contributed by atoms with Crippen LogP contribution in [-0.4, -0.2) is 44.6 Å². The molecule has 0 unspecified atom stereocenters. The molecule has 2 aromatic heterocycles. The van der Waals surface area contributed by atoms with Crippen LogP contribution in [0.5, 0.6) is 17.4 Å². The van der Waals surface area contributed by atoms with Gasteiger partial charge in [0, 0.05) is 44.2 Å². The second-order valence-electron chi connectivity index (χ2n) is 7.09. The summed E-state index contributed by atoms with van der Waals surface area (Å²) < 4.78 is 13.2. The van der Waals surface area contributed by atoms with E-state index in [9.17, 15) is 0 Å². The zero-order valence-corrected chi connectivity index (χ0v) is 16.3. The second-order valence-corrected chi connectivity index (χ2v) is 7.09. The average Bonchev–Trinajstić information content (AvgIpc) is 3.13. The molecule has 7 heteroatoms. The van der Waals surface area contributed by atoms with Gasteiger partial charge in [0.05, 0.1) is 25.5 Å². The number of hydrogen-bond donors (Lipinski definition) is 0. The zero-order chi connectivity index (χ0) is 19.3. The normalized spacial score (nSPS) is 17.4. The smallest absolute Gasteiger partial charge is 0.238 e. The highest BCUT2D eigenvalue weighted by molar-refractivity contribution is 5.35. The van der Waals surface area contributed by atoms with Gasteiger partial charge in [-0.15, -0.1) is 0 Å². The average molecular weight is 379 g/mol. The van der Waals surface area contributed by atoms with E-state index in [0.717, 1.165) is 49.7 Å². The van der Waals surface area contributed by atoms with Crippen LogP contribution in [0.3, 0.4) is 0 Å². The number of ether oxygens (including phenoxy) is 2. The Hall–Kier alpha value is -2.93. The molecule has 3 heterocycles. The number of aryl methyl sites for hydroxylation is 1. The predicted octanol–water partition coefficient (Wildman–Crippen LogP) is 3.39. The topological polar surface area (TPSA) is 65.3 Å². The lowest BCUT2D eigenvalue weighted by Crippen LogP contribution is -2.35. The van der Waals surface area contributed by atoms with Crippen molar-refractivity contribution in [2.75, 3.05) is 20.2 Å². The molecule has 0 aliphatic carbocycles. The molecule has 1 atom stereocenters. The highest BCUT2D eigenvalue weighted by Gasteiger charge is 2.24. The maximum Gasteiger partial charge on any atom is 0.238 e. The van der Waals surface area contributed by atoms with Gasteiger partial charge < -0.3 is 14.0 Å². The number of piperidine rings is 1. The summed E-state index contributed by atoms with van der Waals surface area (Å²) in [5, 5.41) is 0. The van der Waals surface area contributed by atoms with Crippen molar-refractivity contribution in [2.45, 2.75) is 25.3 Å². The first kappa shape index (κ1) is 18.4. The molecule has 4 rings (SSSR count). The summed E-state index contributed by atoms with van der Waals surface area (Å²) in [6.07, 6.45) is 9.58. The fourth-order valence-corrected chi connectivity index (χ4v) is 3.58. The molecule has 146 valence electrons. The van der Waals surface area contributed by atoms with Crippen LogP contribution in [-0.2, 0) is 13.6 Å². The Bertz CT molecular complexity index is 926. The van der Waals surface area contributed by atoms with Crippen LogP contribution in [0.25, 0.3) is 0 Å². The van der Waals surface area contributed by atoms with Gasteiger partial charge in [-0.05, 0) is 31.5 Å². The van der Waals surface area contributed by atoms with Gasteiger partial charge in [-0.2, -0.15) is 0 Å². The minimum Gasteiger partial charge on any atom is -0.497 e. The minimum absolute atomic E-state index is 0.343. The molecule has 28 heavy (non-hydrogen) atoms. The van der Waals surface area contributed by atoms with Crippen molar-refractivity contribution < 1.29 is 9.47 Å². The lowest BCUT2D eigenvalue weighted by atomic mass is 9.95. The summed E-state index contributed by atoms with van der Waals surface area (Å²) in [5.74, 6) is 3.37. The second kappa shape index (κ2) is 8.39. The number of aromatic nitrogens is 4.